The van der Waals surface area contributed by atoms with Gasteiger partial charge in [-0.05, 0) is 24.3 Å². The van der Waals surface area contributed by atoms with Crippen molar-refractivity contribution >= 4 is 28.8 Å². The van der Waals surface area contributed by atoms with Crippen molar-refractivity contribution in [2.24, 2.45) is 0 Å². The van der Waals surface area contributed by atoms with Gasteiger partial charge in [-0.2, -0.15) is 0 Å². The van der Waals surface area contributed by atoms with E-state index in [1.807, 2.05) is 54.6 Å². The van der Waals surface area contributed by atoms with Gasteiger partial charge in [0.05, 0.1) is 23.9 Å². The predicted molar refractivity (Wildman–Crippen MR) is 83.8 cm³/mol. The van der Waals surface area contributed by atoms with Gasteiger partial charge in [0, 0.05) is 5.69 Å². The van der Waals surface area contributed by atoms with Crippen molar-refractivity contribution in [3.8, 4) is 5.69 Å². The summed E-state index contributed by atoms with van der Waals surface area (Å²) in [5.41, 5.74) is 2.96. The van der Waals surface area contributed by atoms with E-state index in [0.717, 1.165) is 21.9 Å². The third kappa shape index (κ3) is 2.78. The Morgan fingerprint density at radius 1 is 1.14 bits per heavy atom. The van der Waals surface area contributed by atoms with Crippen molar-refractivity contribution < 1.29 is 9.53 Å². The van der Waals surface area contributed by atoms with E-state index in [9.17, 15) is 4.79 Å². The van der Waals surface area contributed by atoms with Gasteiger partial charge in [-0.1, -0.05) is 42.1 Å². The monoisotopic (exact) mass is 298 g/mol. The van der Waals surface area contributed by atoms with Crippen LogP contribution in [-0.2, 0) is 9.53 Å². The normalized spacial score (nSPS) is 10.7. The largest absolute Gasteiger partial charge is 0.468 e. The zero-order valence-electron chi connectivity index (χ0n) is 11.5. The SMILES string of the molecule is COC(=O)CSc1nc2ccccc2n1-c1ccccc1. The summed E-state index contributed by atoms with van der Waals surface area (Å²) in [7, 11) is 1.39. The Balaban J connectivity index is 2.08. The third-order valence-corrected chi connectivity index (χ3v) is 4.00. The first-order valence-corrected chi connectivity index (χ1v) is 7.50. The zero-order chi connectivity index (χ0) is 14.7. The molecule has 3 rings (SSSR count). The molecule has 0 N–H and O–H groups in total. The minimum atomic E-state index is -0.258. The number of methoxy groups -OCH3 is 1. The van der Waals surface area contributed by atoms with E-state index < -0.39 is 0 Å². The minimum absolute atomic E-state index is 0.243. The van der Waals surface area contributed by atoms with Crippen LogP contribution in [0.2, 0.25) is 0 Å². The van der Waals surface area contributed by atoms with E-state index in [1.165, 1.54) is 18.9 Å². The summed E-state index contributed by atoms with van der Waals surface area (Å²) in [6.07, 6.45) is 0. The van der Waals surface area contributed by atoms with Crippen LogP contribution in [0.1, 0.15) is 0 Å². The molecule has 0 atom stereocenters. The summed E-state index contributed by atoms with van der Waals surface area (Å²) < 4.78 is 6.75. The molecule has 2 aromatic carbocycles. The van der Waals surface area contributed by atoms with Crippen LogP contribution in [0, 0.1) is 0 Å². The molecule has 0 saturated carbocycles. The molecule has 1 aromatic heterocycles. The average Bonchev–Trinajstić information content (AvgIpc) is 2.91. The van der Waals surface area contributed by atoms with Crippen LogP contribution in [0.15, 0.2) is 59.8 Å². The number of imidazole rings is 1. The Kier molecular flexibility index (Phi) is 3.92. The van der Waals surface area contributed by atoms with Crippen molar-refractivity contribution in [3.05, 3.63) is 54.6 Å². The summed E-state index contributed by atoms with van der Waals surface area (Å²) in [6.45, 7) is 0. The van der Waals surface area contributed by atoms with E-state index in [2.05, 4.69) is 9.55 Å². The van der Waals surface area contributed by atoms with E-state index >= 15 is 0 Å². The lowest BCUT2D eigenvalue weighted by Crippen LogP contribution is -2.05. The van der Waals surface area contributed by atoms with Gasteiger partial charge in [-0.25, -0.2) is 4.98 Å². The third-order valence-electron chi connectivity index (χ3n) is 3.09. The topological polar surface area (TPSA) is 44.1 Å². The smallest absolute Gasteiger partial charge is 0.316 e. The van der Waals surface area contributed by atoms with Crippen LogP contribution in [-0.4, -0.2) is 28.4 Å². The van der Waals surface area contributed by atoms with Crippen molar-refractivity contribution in [2.75, 3.05) is 12.9 Å². The second-order valence-corrected chi connectivity index (χ2v) is 5.36. The number of benzene rings is 2. The fourth-order valence-corrected chi connectivity index (χ4v) is 2.97. The van der Waals surface area contributed by atoms with Gasteiger partial charge >= 0.3 is 5.97 Å². The molecule has 0 fully saturated rings. The molecule has 106 valence electrons. The fourth-order valence-electron chi connectivity index (χ4n) is 2.11. The van der Waals surface area contributed by atoms with Gasteiger partial charge in [-0.3, -0.25) is 9.36 Å². The fraction of sp³-hybridized carbons (Fsp3) is 0.125. The number of fused-ring (bicyclic) bond motifs is 1. The van der Waals surface area contributed by atoms with Crippen LogP contribution >= 0.6 is 11.8 Å². The number of nitrogens with zero attached hydrogens (tertiary/aromatic N) is 2. The quantitative estimate of drug-likeness (QED) is 0.547. The van der Waals surface area contributed by atoms with E-state index in [0.29, 0.717) is 0 Å². The first-order chi connectivity index (χ1) is 10.3. The molecule has 0 saturated heterocycles. The van der Waals surface area contributed by atoms with Crippen LogP contribution < -0.4 is 0 Å². The van der Waals surface area contributed by atoms with Crippen molar-refractivity contribution in [3.63, 3.8) is 0 Å². The molecule has 0 aliphatic heterocycles. The van der Waals surface area contributed by atoms with Gasteiger partial charge in [0.2, 0.25) is 0 Å². The van der Waals surface area contributed by atoms with Crippen molar-refractivity contribution in [1.29, 1.82) is 0 Å². The van der Waals surface area contributed by atoms with Gasteiger partial charge < -0.3 is 4.74 Å². The zero-order valence-corrected chi connectivity index (χ0v) is 12.3. The summed E-state index contributed by atoms with van der Waals surface area (Å²) in [4.78, 5) is 16.0. The second-order valence-electron chi connectivity index (χ2n) is 4.42. The highest BCUT2D eigenvalue weighted by atomic mass is 32.2. The lowest BCUT2D eigenvalue weighted by atomic mass is 10.3. The number of hydrogen-bond acceptors (Lipinski definition) is 4. The predicted octanol–water partition coefficient (Wildman–Crippen LogP) is 3.29. The Morgan fingerprint density at radius 3 is 2.62 bits per heavy atom. The molecule has 0 spiro atoms. The Hall–Kier alpha value is -2.27. The minimum Gasteiger partial charge on any atom is -0.468 e. The standard InChI is InChI=1S/C16H14N2O2S/c1-20-15(19)11-21-16-17-13-9-5-6-10-14(13)18(16)12-7-3-2-4-8-12/h2-10H,11H2,1H3. The number of thioether (sulfide) groups is 1. The number of carbonyl (C=O) groups excluding carboxylic acids is 1. The molecule has 3 aromatic rings. The second kappa shape index (κ2) is 6.01. The summed E-state index contributed by atoms with van der Waals surface area (Å²) >= 11 is 1.38. The summed E-state index contributed by atoms with van der Waals surface area (Å²) in [6, 6.07) is 17.9. The molecule has 0 aliphatic rings. The molecular weight excluding hydrogens is 284 g/mol. The maximum absolute atomic E-state index is 11.4. The van der Waals surface area contributed by atoms with Crippen LogP contribution in [0.3, 0.4) is 0 Å². The molecule has 0 bridgehead atoms. The van der Waals surface area contributed by atoms with Crippen molar-refractivity contribution in [2.45, 2.75) is 5.16 Å². The number of carbonyl (C=O) groups is 1. The molecule has 0 radical (unpaired) electrons. The molecule has 21 heavy (non-hydrogen) atoms. The Bertz CT molecular complexity index is 768. The summed E-state index contributed by atoms with van der Waals surface area (Å²) in [5, 5.41) is 0.785. The molecule has 4 nitrogen and oxygen atoms in total. The molecule has 0 amide bonds. The first-order valence-electron chi connectivity index (χ1n) is 6.52. The van der Waals surface area contributed by atoms with E-state index in [-0.39, 0.29) is 11.7 Å². The van der Waals surface area contributed by atoms with Crippen LogP contribution in [0.4, 0.5) is 0 Å². The van der Waals surface area contributed by atoms with Gasteiger partial charge in [0.25, 0.3) is 0 Å². The van der Waals surface area contributed by atoms with E-state index in [4.69, 9.17) is 4.74 Å². The van der Waals surface area contributed by atoms with Gasteiger partial charge in [0.15, 0.2) is 5.16 Å². The highest BCUT2D eigenvalue weighted by Gasteiger charge is 2.14. The van der Waals surface area contributed by atoms with Crippen molar-refractivity contribution in [1.82, 2.24) is 9.55 Å². The summed E-state index contributed by atoms with van der Waals surface area (Å²) in [5.74, 6) is -0.0150. The maximum atomic E-state index is 11.4. The highest BCUT2D eigenvalue weighted by molar-refractivity contribution is 7.99. The number of esters is 1. The van der Waals surface area contributed by atoms with Gasteiger partial charge in [0.1, 0.15) is 0 Å². The lowest BCUT2D eigenvalue weighted by Gasteiger charge is -2.08. The molecule has 1 heterocycles. The average molecular weight is 298 g/mol. The lowest BCUT2D eigenvalue weighted by molar-refractivity contribution is -0.137. The number of ether oxygens (including phenoxy) is 1. The Labute approximate surface area is 126 Å². The molecular formula is C16H14N2O2S. The Morgan fingerprint density at radius 2 is 1.86 bits per heavy atom. The van der Waals surface area contributed by atoms with Crippen LogP contribution in [0.5, 0.6) is 0 Å². The number of rotatable bonds is 4. The van der Waals surface area contributed by atoms with Crippen LogP contribution in [0.25, 0.3) is 16.7 Å². The molecule has 5 heteroatoms. The van der Waals surface area contributed by atoms with Gasteiger partial charge in [-0.15, -0.1) is 0 Å². The number of para-hydroxylation sites is 3. The molecule has 0 unspecified atom stereocenters. The van der Waals surface area contributed by atoms with E-state index in [1.54, 1.807) is 0 Å². The number of aromatic nitrogens is 2. The first kappa shape index (κ1) is 13.7. The number of hydrogen-bond donors (Lipinski definition) is 0. The molecule has 0 aliphatic carbocycles. The highest BCUT2D eigenvalue weighted by Crippen LogP contribution is 2.27. The maximum Gasteiger partial charge on any atom is 0.316 e.